The molecule has 2 rings (SSSR count). The molecule has 0 saturated heterocycles. The summed E-state index contributed by atoms with van der Waals surface area (Å²) in [5.41, 5.74) is 1.56. The molecule has 2 aromatic rings. The summed E-state index contributed by atoms with van der Waals surface area (Å²) in [7, 11) is 1.54. The molecule has 0 aliphatic heterocycles. The molecule has 0 amide bonds. The van der Waals surface area contributed by atoms with E-state index in [2.05, 4.69) is 13.8 Å². The molecule has 0 aliphatic carbocycles. The predicted molar refractivity (Wildman–Crippen MR) is 90.2 cm³/mol. The van der Waals surface area contributed by atoms with Crippen LogP contribution in [-0.4, -0.2) is 20.0 Å². The van der Waals surface area contributed by atoms with E-state index in [-0.39, 0.29) is 0 Å². The number of ether oxygens (including phenoxy) is 3. The Kier molecular flexibility index (Phi) is 5.63. The van der Waals surface area contributed by atoms with Gasteiger partial charge in [0.15, 0.2) is 11.5 Å². The van der Waals surface area contributed by atoms with Crippen LogP contribution in [0.2, 0.25) is 0 Å². The van der Waals surface area contributed by atoms with Gasteiger partial charge in [-0.3, -0.25) is 4.79 Å². The SMILES string of the molecule is CCOc1c(OC)cc(C=O)cc1Oc1ccccc1C(C)C. The first-order valence-corrected chi connectivity index (χ1v) is 7.67. The number of aldehydes is 1. The van der Waals surface area contributed by atoms with Gasteiger partial charge in [0.25, 0.3) is 0 Å². The van der Waals surface area contributed by atoms with Crippen molar-refractivity contribution in [1.82, 2.24) is 0 Å². The fourth-order valence-corrected chi connectivity index (χ4v) is 2.35. The van der Waals surface area contributed by atoms with Crippen LogP contribution in [0, 0.1) is 0 Å². The molecule has 0 spiro atoms. The molecule has 0 saturated carbocycles. The first-order chi connectivity index (χ1) is 11.1. The largest absolute Gasteiger partial charge is 0.493 e. The maximum atomic E-state index is 11.2. The Morgan fingerprint density at radius 3 is 2.39 bits per heavy atom. The van der Waals surface area contributed by atoms with Crippen molar-refractivity contribution < 1.29 is 19.0 Å². The van der Waals surface area contributed by atoms with Gasteiger partial charge in [-0.2, -0.15) is 0 Å². The Morgan fingerprint density at radius 2 is 1.78 bits per heavy atom. The fourth-order valence-electron chi connectivity index (χ4n) is 2.35. The van der Waals surface area contributed by atoms with E-state index in [0.29, 0.717) is 35.3 Å². The second-order valence-electron chi connectivity index (χ2n) is 5.40. The summed E-state index contributed by atoms with van der Waals surface area (Å²) in [6.45, 7) is 6.57. The van der Waals surface area contributed by atoms with E-state index in [1.165, 1.54) is 7.11 Å². The number of carbonyl (C=O) groups excluding carboxylic acids is 1. The summed E-state index contributed by atoms with van der Waals surface area (Å²) in [4.78, 5) is 11.2. The van der Waals surface area contributed by atoms with Crippen molar-refractivity contribution in [2.75, 3.05) is 13.7 Å². The summed E-state index contributed by atoms with van der Waals surface area (Å²) in [6.07, 6.45) is 0.763. The highest BCUT2D eigenvalue weighted by molar-refractivity contribution is 5.78. The predicted octanol–water partition coefficient (Wildman–Crippen LogP) is 4.82. The summed E-state index contributed by atoms with van der Waals surface area (Å²) in [6, 6.07) is 11.1. The molecule has 0 N–H and O–H groups in total. The molecule has 0 fully saturated rings. The minimum atomic E-state index is 0.317. The standard InChI is InChI=1S/C19H22O4/c1-5-22-19-17(21-4)10-14(12-20)11-18(19)23-16-9-7-6-8-15(16)13(2)3/h6-13H,5H2,1-4H3. The Hall–Kier alpha value is -2.49. The van der Waals surface area contributed by atoms with Gasteiger partial charge in [0.1, 0.15) is 12.0 Å². The molecule has 4 heteroatoms. The van der Waals surface area contributed by atoms with Gasteiger partial charge in [-0.25, -0.2) is 0 Å². The molecule has 0 aliphatic rings. The minimum Gasteiger partial charge on any atom is -0.493 e. The summed E-state index contributed by atoms with van der Waals surface area (Å²) in [5.74, 6) is 2.51. The molecule has 4 nitrogen and oxygen atoms in total. The lowest BCUT2D eigenvalue weighted by Crippen LogP contribution is -2.01. The third kappa shape index (κ3) is 3.83. The zero-order valence-corrected chi connectivity index (χ0v) is 14.0. The Morgan fingerprint density at radius 1 is 1.09 bits per heavy atom. The second kappa shape index (κ2) is 7.68. The van der Waals surface area contributed by atoms with Crippen molar-refractivity contribution in [2.45, 2.75) is 26.7 Å². The number of para-hydroxylation sites is 1. The van der Waals surface area contributed by atoms with Gasteiger partial charge < -0.3 is 14.2 Å². The highest BCUT2D eigenvalue weighted by atomic mass is 16.5. The highest BCUT2D eigenvalue weighted by Crippen LogP contribution is 2.42. The molecular formula is C19H22O4. The van der Waals surface area contributed by atoms with E-state index in [4.69, 9.17) is 14.2 Å². The van der Waals surface area contributed by atoms with E-state index >= 15 is 0 Å². The van der Waals surface area contributed by atoms with E-state index in [1.807, 2.05) is 31.2 Å². The van der Waals surface area contributed by atoms with Crippen LogP contribution in [-0.2, 0) is 0 Å². The lowest BCUT2D eigenvalue weighted by atomic mass is 10.0. The van der Waals surface area contributed by atoms with Gasteiger partial charge in [-0.1, -0.05) is 32.0 Å². The molecule has 122 valence electrons. The quantitative estimate of drug-likeness (QED) is 0.687. The van der Waals surface area contributed by atoms with Crippen LogP contribution in [0.3, 0.4) is 0 Å². The van der Waals surface area contributed by atoms with E-state index in [0.717, 1.165) is 17.6 Å². The smallest absolute Gasteiger partial charge is 0.204 e. The number of carbonyl (C=O) groups is 1. The van der Waals surface area contributed by atoms with Crippen LogP contribution in [0.1, 0.15) is 42.6 Å². The molecule has 0 radical (unpaired) electrons. The number of hydrogen-bond acceptors (Lipinski definition) is 4. The first kappa shape index (κ1) is 16.9. The molecule has 0 bridgehead atoms. The topological polar surface area (TPSA) is 44.8 Å². The summed E-state index contributed by atoms with van der Waals surface area (Å²) in [5, 5.41) is 0. The third-order valence-corrected chi connectivity index (χ3v) is 3.45. The van der Waals surface area contributed by atoms with Crippen LogP contribution in [0.5, 0.6) is 23.0 Å². The Bertz CT molecular complexity index is 677. The number of rotatable bonds is 7. The fraction of sp³-hybridized carbons (Fsp3) is 0.316. The van der Waals surface area contributed by atoms with Crippen LogP contribution >= 0.6 is 0 Å². The van der Waals surface area contributed by atoms with E-state index in [1.54, 1.807) is 12.1 Å². The van der Waals surface area contributed by atoms with Crippen molar-refractivity contribution in [3.05, 3.63) is 47.5 Å². The first-order valence-electron chi connectivity index (χ1n) is 7.67. The van der Waals surface area contributed by atoms with Crippen LogP contribution in [0.25, 0.3) is 0 Å². The molecule has 0 unspecified atom stereocenters. The molecule has 0 atom stereocenters. The minimum absolute atomic E-state index is 0.317. The summed E-state index contributed by atoms with van der Waals surface area (Å²) < 4.78 is 17.1. The van der Waals surface area contributed by atoms with Gasteiger partial charge in [-0.05, 0) is 36.6 Å². The Balaban J connectivity index is 2.52. The maximum absolute atomic E-state index is 11.2. The molecule has 2 aromatic carbocycles. The van der Waals surface area contributed by atoms with Crippen LogP contribution in [0.4, 0.5) is 0 Å². The highest BCUT2D eigenvalue weighted by Gasteiger charge is 2.17. The van der Waals surface area contributed by atoms with Crippen LogP contribution < -0.4 is 14.2 Å². The van der Waals surface area contributed by atoms with Gasteiger partial charge in [0.05, 0.1) is 13.7 Å². The summed E-state index contributed by atoms with van der Waals surface area (Å²) >= 11 is 0. The molecule has 23 heavy (non-hydrogen) atoms. The van der Waals surface area contributed by atoms with Crippen molar-refractivity contribution in [2.24, 2.45) is 0 Å². The van der Waals surface area contributed by atoms with Crippen LogP contribution in [0.15, 0.2) is 36.4 Å². The third-order valence-electron chi connectivity index (χ3n) is 3.45. The van der Waals surface area contributed by atoms with Gasteiger partial charge in [-0.15, -0.1) is 0 Å². The van der Waals surface area contributed by atoms with Crippen molar-refractivity contribution in [3.8, 4) is 23.0 Å². The number of methoxy groups -OCH3 is 1. The van der Waals surface area contributed by atoms with Crippen molar-refractivity contribution in [3.63, 3.8) is 0 Å². The van der Waals surface area contributed by atoms with E-state index in [9.17, 15) is 4.79 Å². The average Bonchev–Trinajstić information content (AvgIpc) is 2.56. The van der Waals surface area contributed by atoms with E-state index < -0.39 is 0 Å². The van der Waals surface area contributed by atoms with Crippen molar-refractivity contribution >= 4 is 6.29 Å². The van der Waals surface area contributed by atoms with Gasteiger partial charge >= 0.3 is 0 Å². The van der Waals surface area contributed by atoms with Gasteiger partial charge in [0.2, 0.25) is 5.75 Å². The second-order valence-corrected chi connectivity index (χ2v) is 5.40. The average molecular weight is 314 g/mol. The van der Waals surface area contributed by atoms with Crippen molar-refractivity contribution in [1.29, 1.82) is 0 Å². The van der Waals surface area contributed by atoms with Gasteiger partial charge in [0, 0.05) is 5.56 Å². The normalized spacial score (nSPS) is 10.5. The Labute approximate surface area is 137 Å². The number of hydrogen-bond donors (Lipinski definition) is 0. The zero-order chi connectivity index (χ0) is 16.8. The maximum Gasteiger partial charge on any atom is 0.204 e. The molecular weight excluding hydrogens is 292 g/mol. The monoisotopic (exact) mass is 314 g/mol. The number of benzene rings is 2. The lowest BCUT2D eigenvalue weighted by molar-refractivity contribution is 0.112. The molecule has 0 aromatic heterocycles. The molecule has 0 heterocycles. The zero-order valence-electron chi connectivity index (χ0n) is 14.0. The lowest BCUT2D eigenvalue weighted by Gasteiger charge is -2.18.